The van der Waals surface area contributed by atoms with Crippen LogP contribution in [0.3, 0.4) is 0 Å². The fraction of sp³-hybridized carbons (Fsp3) is 0.429. The highest BCUT2D eigenvalue weighted by Gasteiger charge is 2.20. The normalized spacial score (nSPS) is 14.4. The van der Waals surface area contributed by atoms with Crippen LogP contribution in [0.1, 0.15) is 12.0 Å². The number of fused-ring (bicyclic) bond motifs is 1. The number of ether oxygens (including phenoxy) is 2. The molecule has 0 bridgehead atoms. The third-order valence-corrected chi connectivity index (χ3v) is 3.14. The van der Waals surface area contributed by atoms with E-state index in [0.717, 1.165) is 5.56 Å². The van der Waals surface area contributed by atoms with Gasteiger partial charge in [0.05, 0.1) is 12.5 Å². The summed E-state index contributed by atoms with van der Waals surface area (Å²) in [5.41, 5.74) is 11.6. The molecule has 0 saturated carbocycles. The first-order valence-corrected chi connectivity index (χ1v) is 6.64. The van der Waals surface area contributed by atoms with E-state index in [2.05, 4.69) is 0 Å². The van der Waals surface area contributed by atoms with Gasteiger partial charge in [0.1, 0.15) is 13.2 Å². The SMILES string of the molecule is CN(Cc1ccc2c(c1)OCCO2)C(=O)C(N)CC(N)=O. The molecule has 1 heterocycles. The number of carbonyl (C=O) groups excluding carboxylic acids is 2. The van der Waals surface area contributed by atoms with Crippen molar-refractivity contribution in [2.24, 2.45) is 11.5 Å². The molecule has 0 saturated heterocycles. The Morgan fingerprint density at radius 1 is 1.29 bits per heavy atom. The second-order valence-corrected chi connectivity index (χ2v) is 4.95. The highest BCUT2D eigenvalue weighted by atomic mass is 16.6. The molecule has 1 aromatic carbocycles. The summed E-state index contributed by atoms with van der Waals surface area (Å²) >= 11 is 0. The van der Waals surface area contributed by atoms with Crippen molar-refractivity contribution in [3.05, 3.63) is 23.8 Å². The molecule has 1 unspecified atom stereocenters. The van der Waals surface area contributed by atoms with E-state index < -0.39 is 11.9 Å². The van der Waals surface area contributed by atoms with Crippen LogP contribution in [0.4, 0.5) is 0 Å². The van der Waals surface area contributed by atoms with E-state index in [9.17, 15) is 9.59 Å². The van der Waals surface area contributed by atoms with Gasteiger partial charge in [-0.2, -0.15) is 0 Å². The van der Waals surface area contributed by atoms with Crippen LogP contribution in [0.15, 0.2) is 18.2 Å². The van der Waals surface area contributed by atoms with Crippen molar-refractivity contribution in [2.45, 2.75) is 19.0 Å². The summed E-state index contributed by atoms with van der Waals surface area (Å²) in [4.78, 5) is 24.3. The second kappa shape index (κ2) is 6.45. The second-order valence-electron chi connectivity index (χ2n) is 4.95. The molecule has 0 radical (unpaired) electrons. The van der Waals surface area contributed by atoms with Crippen molar-refractivity contribution in [2.75, 3.05) is 20.3 Å². The summed E-state index contributed by atoms with van der Waals surface area (Å²) in [7, 11) is 1.62. The van der Waals surface area contributed by atoms with Crippen molar-refractivity contribution in [3.63, 3.8) is 0 Å². The minimum absolute atomic E-state index is 0.162. The number of amides is 2. The average molecular weight is 293 g/mol. The minimum atomic E-state index is -0.912. The Bertz CT molecular complexity index is 547. The number of hydrogen-bond donors (Lipinski definition) is 2. The van der Waals surface area contributed by atoms with Gasteiger partial charge in [0.15, 0.2) is 11.5 Å². The van der Waals surface area contributed by atoms with Crippen LogP contribution in [0.5, 0.6) is 11.5 Å². The fourth-order valence-electron chi connectivity index (χ4n) is 2.13. The molecular weight excluding hydrogens is 274 g/mol. The van der Waals surface area contributed by atoms with Gasteiger partial charge in [0, 0.05) is 13.6 Å². The van der Waals surface area contributed by atoms with Gasteiger partial charge in [-0.1, -0.05) is 6.07 Å². The maximum absolute atomic E-state index is 12.0. The number of rotatable bonds is 5. The van der Waals surface area contributed by atoms with Crippen LogP contribution in [0.2, 0.25) is 0 Å². The van der Waals surface area contributed by atoms with Gasteiger partial charge in [-0.3, -0.25) is 9.59 Å². The quantitative estimate of drug-likeness (QED) is 0.769. The molecule has 2 amide bonds. The van der Waals surface area contributed by atoms with Gasteiger partial charge < -0.3 is 25.8 Å². The number of benzene rings is 1. The lowest BCUT2D eigenvalue weighted by Gasteiger charge is -2.22. The molecule has 0 spiro atoms. The molecule has 21 heavy (non-hydrogen) atoms. The van der Waals surface area contributed by atoms with E-state index in [1.54, 1.807) is 7.05 Å². The number of carbonyl (C=O) groups is 2. The largest absolute Gasteiger partial charge is 0.486 e. The number of primary amides is 1. The highest BCUT2D eigenvalue weighted by molar-refractivity contribution is 5.87. The zero-order chi connectivity index (χ0) is 15.4. The van der Waals surface area contributed by atoms with Gasteiger partial charge in [-0.15, -0.1) is 0 Å². The third kappa shape index (κ3) is 3.85. The number of hydrogen-bond acceptors (Lipinski definition) is 5. The Morgan fingerprint density at radius 3 is 2.62 bits per heavy atom. The molecule has 7 nitrogen and oxygen atoms in total. The molecule has 4 N–H and O–H groups in total. The number of nitrogens with zero attached hydrogens (tertiary/aromatic N) is 1. The Hall–Kier alpha value is -2.28. The van der Waals surface area contributed by atoms with Crippen LogP contribution in [0.25, 0.3) is 0 Å². The van der Waals surface area contributed by atoms with Gasteiger partial charge in [0.2, 0.25) is 11.8 Å². The van der Waals surface area contributed by atoms with E-state index in [0.29, 0.717) is 31.3 Å². The Labute approximate surface area is 122 Å². The van der Waals surface area contributed by atoms with Crippen LogP contribution in [0, 0.1) is 0 Å². The molecule has 7 heteroatoms. The molecule has 0 aliphatic carbocycles. The van der Waals surface area contributed by atoms with Crippen molar-refractivity contribution in [1.29, 1.82) is 0 Å². The van der Waals surface area contributed by atoms with Crippen LogP contribution in [-0.4, -0.2) is 43.0 Å². The lowest BCUT2D eigenvalue weighted by atomic mass is 10.1. The highest BCUT2D eigenvalue weighted by Crippen LogP contribution is 2.31. The predicted molar refractivity (Wildman–Crippen MR) is 75.7 cm³/mol. The Morgan fingerprint density at radius 2 is 1.95 bits per heavy atom. The van der Waals surface area contributed by atoms with Gasteiger partial charge >= 0.3 is 0 Å². The van der Waals surface area contributed by atoms with Gasteiger partial charge in [-0.05, 0) is 17.7 Å². The molecule has 1 aliphatic heterocycles. The molecule has 1 atom stereocenters. The Kier molecular flexibility index (Phi) is 4.64. The van der Waals surface area contributed by atoms with Crippen molar-refractivity contribution < 1.29 is 19.1 Å². The summed E-state index contributed by atoms with van der Waals surface area (Å²) < 4.78 is 10.9. The molecule has 0 fully saturated rings. The van der Waals surface area contributed by atoms with E-state index in [1.165, 1.54) is 4.90 Å². The molecule has 0 aromatic heterocycles. The van der Waals surface area contributed by atoms with E-state index in [-0.39, 0.29) is 12.3 Å². The van der Waals surface area contributed by atoms with E-state index in [4.69, 9.17) is 20.9 Å². The molecule has 114 valence electrons. The summed E-state index contributed by atoms with van der Waals surface area (Å²) in [5, 5.41) is 0. The first-order valence-electron chi connectivity index (χ1n) is 6.64. The molecule has 1 aliphatic rings. The monoisotopic (exact) mass is 293 g/mol. The molecule has 1 aromatic rings. The van der Waals surface area contributed by atoms with Gasteiger partial charge in [-0.25, -0.2) is 0 Å². The first kappa shape index (κ1) is 15.1. The maximum Gasteiger partial charge on any atom is 0.240 e. The summed E-state index contributed by atoms with van der Waals surface area (Å²) in [6, 6.07) is 4.59. The average Bonchev–Trinajstić information content (AvgIpc) is 2.45. The summed E-state index contributed by atoms with van der Waals surface area (Å²) in [6.07, 6.45) is -0.162. The number of likely N-dealkylation sites (N-methyl/N-ethyl adjacent to an activating group) is 1. The zero-order valence-corrected chi connectivity index (χ0v) is 11.9. The van der Waals surface area contributed by atoms with E-state index >= 15 is 0 Å². The third-order valence-electron chi connectivity index (χ3n) is 3.14. The minimum Gasteiger partial charge on any atom is -0.486 e. The fourth-order valence-corrected chi connectivity index (χ4v) is 2.13. The standard InChI is InChI=1S/C14H19N3O4/c1-17(14(19)10(15)7-13(16)18)8-9-2-3-11-12(6-9)21-5-4-20-11/h2-3,6,10H,4-5,7-8,15H2,1H3,(H2,16,18). The lowest BCUT2D eigenvalue weighted by Crippen LogP contribution is -2.43. The zero-order valence-electron chi connectivity index (χ0n) is 11.9. The van der Waals surface area contributed by atoms with Gasteiger partial charge in [0.25, 0.3) is 0 Å². The van der Waals surface area contributed by atoms with Crippen molar-refractivity contribution in [3.8, 4) is 11.5 Å². The van der Waals surface area contributed by atoms with Crippen LogP contribution in [-0.2, 0) is 16.1 Å². The van der Waals surface area contributed by atoms with Crippen LogP contribution >= 0.6 is 0 Å². The number of nitrogens with two attached hydrogens (primary N) is 2. The van der Waals surface area contributed by atoms with E-state index in [1.807, 2.05) is 18.2 Å². The summed E-state index contributed by atoms with van der Waals surface area (Å²) in [5.74, 6) is 0.442. The lowest BCUT2D eigenvalue weighted by molar-refractivity contribution is -0.133. The van der Waals surface area contributed by atoms with Crippen molar-refractivity contribution >= 4 is 11.8 Å². The predicted octanol–water partition coefficient (Wildman–Crippen LogP) is -0.381. The van der Waals surface area contributed by atoms with Crippen molar-refractivity contribution in [1.82, 2.24) is 4.90 Å². The first-order chi connectivity index (χ1) is 9.97. The maximum atomic E-state index is 12.0. The summed E-state index contributed by atoms with van der Waals surface area (Å²) in [6.45, 7) is 1.41. The molecular formula is C14H19N3O4. The topological polar surface area (TPSA) is 108 Å². The van der Waals surface area contributed by atoms with Crippen LogP contribution < -0.4 is 20.9 Å². The smallest absolute Gasteiger partial charge is 0.240 e. The Balaban J connectivity index is 2.00. The molecule has 2 rings (SSSR count).